The van der Waals surface area contributed by atoms with Crippen molar-refractivity contribution in [1.82, 2.24) is 4.90 Å². The molecule has 0 aromatic heterocycles. The molecule has 0 bridgehead atoms. The van der Waals surface area contributed by atoms with Gasteiger partial charge >= 0.3 is 5.97 Å². The van der Waals surface area contributed by atoms with Gasteiger partial charge in [0.2, 0.25) is 0 Å². The number of aryl methyl sites for hydroxylation is 1. The first-order valence-corrected chi connectivity index (χ1v) is 12.0. The zero-order valence-corrected chi connectivity index (χ0v) is 21.2. The number of benzene rings is 2. The molecule has 0 atom stereocenters. The molecule has 1 heterocycles. The third-order valence-electron chi connectivity index (χ3n) is 4.48. The Morgan fingerprint density at radius 3 is 2.50 bits per heavy atom. The fourth-order valence-electron chi connectivity index (χ4n) is 2.92. The van der Waals surface area contributed by atoms with Gasteiger partial charge in [0, 0.05) is 5.69 Å². The van der Waals surface area contributed by atoms with Gasteiger partial charge in [-0.1, -0.05) is 23.8 Å². The Morgan fingerprint density at radius 2 is 1.85 bits per heavy atom. The van der Waals surface area contributed by atoms with E-state index in [-0.39, 0.29) is 23.5 Å². The number of esters is 1. The predicted octanol–water partition coefficient (Wildman–Crippen LogP) is 4.76. The Hall–Kier alpha value is -3.11. The van der Waals surface area contributed by atoms with Crippen LogP contribution in [0.1, 0.15) is 25.0 Å². The molecular formula is C24H23BrN2O6S. The van der Waals surface area contributed by atoms with Crippen LogP contribution in [-0.2, 0) is 19.1 Å². The molecule has 1 N–H and O–H groups in total. The second-order valence-corrected chi connectivity index (χ2v) is 9.55. The molecule has 1 aliphatic heterocycles. The smallest absolute Gasteiger partial charge is 0.326 e. The van der Waals surface area contributed by atoms with Crippen LogP contribution in [0.2, 0.25) is 0 Å². The summed E-state index contributed by atoms with van der Waals surface area (Å²) in [5.41, 5.74) is 2.41. The van der Waals surface area contributed by atoms with Crippen molar-refractivity contribution in [2.75, 3.05) is 18.5 Å². The summed E-state index contributed by atoms with van der Waals surface area (Å²) in [5.74, 6) is -1.06. The van der Waals surface area contributed by atoms with Gasteiger partial charge in [0.05, 0.1) is 15.5 Å². The summed E-state index contributed by atoms with van der Waals surface area (Å²) in [5, 5.41) is 2.22. The highest BCUT2D eigenvalue weighted by atomic mass is 79.9. The molecule has 3 rings (SSSR count). The molecule has 8 nitrogen and oxygen atoms in total. The molecule has 1 saturated heterocycles. The number of ether oxygens (including phenoxy) is 2. The van der Waals surface area contributed by atoms with Crippen molar-refractivity contribution in [1.29, 1.82) is 0 Å². The van der Waals surface area contributed by atoms with Crippen molar-refractivity contribution in [2.45, 2.75) is 26.9 Å². The van der Waals surface area contributed by atoms with Gasteiger partial charge < -0.3 is 14.8 Å². The number of carbonyl (C=O) groups excluding carboxylic acids is 4. The molecule has 178 valence electrons. The second kappa shape index (κ2) is 11.3. The van der Waals surface area contributed by atoms with E-state index in [0.717, 1.165) is 22.2 Å². The SMILES string of the molecule is Cc1ccc(NC(=O)COc2ccc(/C=C3/SC(=O)N(CC(=O)OC(C)C)C3=O)cc2Br)cc1. The van der Waals surface area contributed by atoms with E-state index in [0.29, 0.717) is 21.5 Å². The van der Waals surface area contributed by atoms with Gasteiger partial charge in [0.1, 0.15) is 12.3 Å². The number of halogens is 1. The molecule has 34 heavy (non-hydrogen) atoms. The fraction of sp³-hybridized carbons (Fsp3) is 0.250. The topological polar surface area (TPSA) is 102 Å². The summed E-state index contributed by atoms with van der Waals surface area (Å²) in [6.07, 6.45) is 1.21. The molecule has 2 aromatic carbocycles. The predicted molar refractivity (Wildman–Crippen MR) is 133 cm³/mol. The van der Waals surface area contributed by atoms with E-state index in [1.807, 2.05) is 31.2 Å². The molecular weight excluding hydrogens is 524 g/mol. The quantitative estimate of drug-likeness (QED) is 0.376. The third-order valence-corrected chi connectivity index (χ3v) is 6.00. The summed E-state index contributed by atoms with van der Waals surface area (Å²) in [7, 11) is 0. The highest BCUT2D eigenvalue weighted by molar-refractivity contribution is 9.10. The van der Waals surface area contributed by atoms with Crippen LogP contribution < -0.4 is 10.1 Å². The van der Waals surface area contributed by atoms with Crippen molar-refractivity contribution in [2.24, 2.45) is 0 Å². The molecule has 1 aliphatic rings. The first kappa shape index (κ1) is 25.5. The van der Waals surface area contributed by atoms with Gasteiger partial charge in [-0.25, -0.2) is 0 Å². The van der Waals surface area contributed by atoms with Gasteiger partial charge in [-0.3, -0.25) is 24.1 Å². The van der Waals surface area contributed by atoms with Crippen molar-refractivity contribution >= 4 is 62.5 Å². The monoisotopic (exact) mass is 546 g/mol. The van der Waals surface area contributed by atoms with E-state index < -0.39 is 23.7 Å². The highest BCUT2D eigenvalue weighted by Crippen LogP contribution is 2.34. The molecule has 0 radical (unpaired) electrons. The summed E-state index contributed by atoms with van der Waals surface area (Å²) in [6, 6.07) is 12.5. The Morgan fingerprint density at radius 1 is 1.15 bits per heavy atom. The lowest BCUT2D eigenvalue weighted by Crippen LogP contribution is -2.35. The number of anilines is 1. The average Bonchev–Trinajstić information content (AvgIpc) is 3.01. The number of thioether (sulfide) groups is 1. The number of rotatable bonds is 8. The minimum absolute atomic E-state index is 0.183. The van der Waals surface area contributed by atoms with Crippen LogP contribution in [0.5, 0.6) is 5.75 Å². The Balaban J connectivity index is 1.60. The zero-order chi connectivity index (χ0) is 24.8. The van der Waals surface area contributed by atoms with Crippen molar-refractivity contribution in [3.63, 3.8) is 0 Å². The lowest BCUT2D eigenvalue weighted by molar-refractivity contribution is -0.149. The summed E-state index contributed by atoms with van der Waals surface area (Å²) in [6.45, 7) is 4.73. The number of carbonyl (C=O) groups is 4. The van der Waals surface area contributed by atoms with Crippen LogP contribution in [0.4, 0.5) is 10.5 Å². The van der Waals surface area contributed by atoms with Crippen LogP contribution in [0, 0.1) is 6.92 Å². The van der Waals surface area contributed by atoms with Crippen molar-refractivity contribution in [3.05, 3.63) is 63.0 Å². The van der Waals surface area contributed by atoms with Crippen molar-refractivity contribution in [3.8, 4) is 5.75 Å². The van der Waals surface area contributed by atoms with Crippen LogP contribution in [-0.4, -0.2) is 47.2 Å². The Bertz CT molecular complexity index is 1150. The molecule has 3 amide bonds. The highest BCUT2D eigenvalue weighted by Gasteiger charge is 2.36. The minimum Gasteiger partial charge on any atom is -0.483 e. The fourth-order valence-corrected chi connectivity index (χ4v) is 4.27. The molecule has 10 heteroatoms. The number of nitrogens with one attached hydrogen (secondary N) is 1. The molecule has 2 aromatic rings. The maximum atomic E-state index is 12.6. The van der Waals surface area contributed by atoms with E-state index in [4.69, 9.17) is 9.47 Å². The molecule has 0 unspecified atom stereocenters. The van der Waals surface area contributed by atoms with Crippen LogP contribution in [0.3, 0.4) is 0 Å². The Labute approximate surface area is 209 Å². The summed E-state index contributed by atoms with van der Waals surface area (Å²) in [4.78, 5) is 49.8. The normalized spacial score (nSPS) is 14.6. The largest absolute Gasteiger partial charge is 0.483 e. The second-order valence-electron chi connectivity index (χ2n) is 7.70. The van der Waals surface area contributed by atoms with E-state index >= 15 is 0 Å². The van der Waals surface area contributed by atoms with Crippen LogP contribution >= 0.6 is 27.7 Å². The van der Waals surface area contributed by atoms with Crippen molar-refractivity contribution < 1.29 is 28.7 Å². The van der Waals surface area contributed by atoms with E-state index in [9.17, 15) is 19.2 Å². The maximum absolute atomic E-state index is 12.6. The average molecular weight is 547 g/mol. The molecule has 0 spiro atoms. The standard InChI is InChI=1S/C24H23BrN2O6S/c1-14(2)33-22(29)12-27-23(30)20(34-24(27)31)11-16-6-9-19(18(25)10-16)32-13-21(28)26-17-7-4-15(3)5-8-17/h4-11,14H,12-13H2,1-3H3,(H,26,28)/b20-11+. The van der Waals surface area contributed by atoms with Crippen LogP contribution in [0.25, 0.3) is 6.08 Å². The minimum atomic E-state index is -0.644. The van der Waals surface area contributed by atoms with Crippen LogP contribution in [0.15, 0.2) is 51.8 Å². The zero-order valence-electron chi connectivity index (χ0n) is 18.8. The molecule has 1 fully saturated rings. The summed E-state index contributed by atoms with van der Waals surface area (Å²) < 4.78 is 11.2. The number of hydrogen-bond acceptors (Lipinski definition) is 7. The number of imide groups is 1. The van der Waals surface area contributed by atoms with E-state index in [1.165, 1.54) is 0 Å². The van der Waals surface area contributed by atoms with E-state index in [2.05, 4.69) is 21.2 Å². The number of amides is 3. The molecule has 0 saturated carbocycles. The maximum Gasteiger partial charge on any atom is 0.326 e. The van der Waals surface area contributed by atoms with Gasteiger partial charge in [-0.15, -0.1) is 0 Å². The lowest BCUT2D eigenvalue weighted by Gasteiger charge is -2.13. The molecule has 0 aliphatic carbocycles. The first-order valence-electron chi connectivity index (χ1n) is 10.4. The lowest BCUT2D eigenvalue weighted by atomic mass is 10.2. The summed E-state index contributed by atoms with van der Waals surface area (Å²) >= 11 is 4.15. The van der Waals surface area contributed by atoms with Gasteiger partial charge in [0.25, 0.3) is 17.1 Å². The number of hydrogen-bond donors (Lipinski definition) is 1. The number of nitrogens with zero attached hydrogens (tertiary/aromatic N) is 1. The third kappa shape index (κ3) is 6.94. The van der Waals surface area contributed by atoms with Gasteiger partial charge in [-0.05, 0) is 84.4 Å². The van der Waals surface area contributed by atoms with Gasteiger partial charge in [0.15, 0.2) is 6.61 Å². The van der Waals surface area contributed by atoms with Gasteiger partial charge in [-0.2, -0.15) is 0 Å². The first-order chi connectivity index (χ1) is 16.1. The Kier molecular flexibility index (Phi) is 8.51. The van der Waals surface area contributed by atoms with E-state index in [1.54, 1.807) is 38.1 Å².